The summed E-state index contributed by atoms with van der Waals surface area (Å²) in [6, 6.07) is 0.265. The third-order valence-electron chi connectivity index (χ3n) is 2.28. The van der Waals surface area contributed by atoms with Gasteiger partial charge in [-0.25, -0.2) is 8.42 Å². The Morgan fingerprint density at radius 1 is 1.31 bits per heavy atom. The van der Waals surface area contributed by atoms with Crippen molar-refractivity contribution in [2.75, 3.05) is 12.8 Å². The Hall–Kier alpha value is -0.0900. The Morgan fingerprint density at radius 2 is 1.85 bits per heavy atom. The van der Waals surface area contributed by atoms with E-state index in [4.69, 9.17) is 0 Å². The van der Waals surface area contributed by atoms with Gasteiger partial charge in [-0.1, -0.05) is 6.92 Å². The van der Waals surface area contributed by atoms with Crippen molar-refractivity contribution in [1.82, 2.24) is 5.32 Å². The van der Waals surface area contributed by atoms with E-state index in [1.807, 2.05) is 20.9 Å². The molecule has 4 heteroatoms. The largest absolute Gasteiger partial charge is 0.317 e. The molecule has 0 aromatic carbocycles. The summed E-state index contributed by atoms with van der Waals surface area (Å²) in [4.78, 5) is 0. The molecule has 0 aromatic heterocycles. The highest BCUT2D eigenvalue weighted by Crippen LogP contribution is 2.10. The van der Waals surface area contributed by atoms with Crippen LogP contribution in [0.4, 0.5) is 0 Å². The molecule has 0 saturated carbocycles. The van der Waals surface area contributed by atoms with Crippen LogP contribution in [0.1, 0.15) is 33.6 Å². The zero-order chi connectivity index (χ0) is 10.5. The van der Waals surface area contributed by atoms with Crippen LogP contribution in [0.2, 0.25) is 0 Å². The Morgan fingerprint density at radius 3 is 2.23 bits per heavy atom. The summed E-state index contributed by atoms with van der Waals surface area (Å²) in [6.07, 6.45) is 1.40. The quantitative estimate of drug-likeness (QED) is 0.712. The minimum absolute atomic E-state index is 0.227. The van der Waals surface area contributed by atoms with Crippen molar-refractivity contribution in [3.05, 3.63) is 0 Å². The minimum atomic E-state index is -2.86. The van der Waals surface area contributed by atoms with Gasteiger partial charge in [0.15, 0.2) is 9.84 Å². The van der Waals surface area contributed by atoms with Gasteiger partial charge >= 0.3 is 0 Å². The molecule has 1 N–H and O–H groups in total. The predicted molar refractivity (Wildman–Crippen MR) is 56.7 cm³/mol. The van der Waals surface area contributed by atoms with Gasteiger partial charge in [-0.15, -0.1) is 0 Å². The highest BCUT2D eigenvalue weighted by Gasteiger charge is 2.20. The SMILES string of the molecule is CCCS(=O)(=O)C(C)CC(C)NC. The lowest BCUT2D eigenvalue weighted by molar-refractivity contribution is 0.530. The van der Waals surface area contributed by atoms with Crippen LogP contribution in [0.5, 0.6) is 0 Å². The molecule has 0 saturated heterocycles. The van der Waals surface area contributed by atoms with E-state index < -0.39 is 9.84 Å². The second-order valence-corrected chi connectivity index (χ2v) is 6.14. The molecule has 0 aliphatic heterocycles. The van der Waals surface area contributed by atoms with Gasteiger partial charge in [0.25, 0.3) is 0 Å². The molecule has 0 spiro atoms. The van der Waals surface area contributed by atoms with Crippen molar-refractivity contribution in [2.45, 2.75) is 44.9 Å². The van der Waals surface area contributed by atoms with Gasteiger partial charge in [0.2, 0.25) is 0 Å². The highest BCUT2D eigenvalue weighted by atomic mass is 32.2. The fourth-order valence-electron chi connectivity index (χ4n) is 1.25. The van der Waals surface area contributed by atoms with E-state index in [1.165, 1.54) is 0 Å². The molecule has 0 heterocycles. The summed E-state index contributed by atoms with van der Waals surface area (Å²) in [5.41, 5.74) is 0. The second kappa shape index (κ2) is 5.60. The Kier molecular flexibility index (Phi) is 5.56. The summed E-state index contributed by atoms with van der Waals surface area (Å²) < 4.78 is 23.1. The molecular weight excluding hydrogens is 186 g/mol. The zero-order valence-electron chi connectivity index (χ0n) is 9.00. The van der Waals surface area contributed by atoms with Gasteiger partial charge in [0.05, 0.1) is 11.0 Å². The average Bonchev–Trinajstić information content (AvgIpc) is 2.04. The third-order valence-corrected chi connectivity index (χ3v) is 4.68. The maximum atomic E-state index is 11.6. The summed E-state index contributed by atoms with van der Waals surface area (Å²) >= 11 is 0. The number of hydrogen-bond donors (Lipinski definition) is 1. The number of sulfone groups is 1. The van der Waals surface area contributed by atoms with Crippen molar-refractivity contribution in [1.29, 1.82) is 0 Å². The fourth-order valence-corrected chi connectivity index (χ4v) is 2.80. The van der Waals surface area contributed by atoms with Gasteiger partial charge in [0.1, 0.15) is 0 Å². The van der Waals surface area contributed by atoms with Gasteiger partial charge < -0.3 is 5.32 Å². The fraction of sp³-hybridized carbons (Fsp3) is 1.00. The van der Waals surface area contributed by atoms with Crippen LogP contribution in [-0.4, -0.2) is 32.5 Å². The molecular formula is C9H21NO2S. The molecule has 13 heavy (non-hydrogen) atoms. The molecule has 0 fully saturated rings. The van der Waals surface area contributed by atoms with Gasteiger partial charge in [-0.05, 0) is 33.7 Å². The van der Waals surface area contributed by atoms with E-state index in [1.54, 1.807) is 6.92 Å². The molecule has 0 rings (SSSR count). The first-order chi connectivity index (χ1) is 5.94. The van der Waals surface area contributed by atoms with Gasteiger partial charge in [0, 0.05) is 6.04 Å². The van der Waals surface area contributed by atoms with E-state index in [0.29, 0.717) is 18.6 Å². The molecule has 0 bridgehead atoms. The van der Waals surface area contributed by atoms with Crippen LogP contribution in [0.15, 0.2) is 0 Å². The standard InChI is InChI=1S/C9H21NO2S/c1-5-6-13(11,12)9(3)7-8(2)10-4/h8-10H,5-7H2,1-4H3. The Bertz CT molecular complexity index is 224. The summed E-state index contributed by atoms with van der Waals surface area (Å²) in [6.45, 7) is 5.68. The van der Waals surface area contributed by atoms with Crippen LogP contribution in [-0.2, 0) is 9.84 Å². The van der Waals surface area contributed by atoms with Crippen molar-refractivity contribution < 1.29 is 8.42 Å². The van der Waals surface area contributed by atoms with Crippen molar-refractivity contribution in [3.8, 4) is 0 Å². The van der Waals surface area contributed by atoms with Crippen molar-refractivity contribution in [2.24, 2.45) is 0 Å². The van der Waals surface area contributed by atoms with E-state index >= 15 is 0 Å². The maximum Gasteiger partial charge on any atom is 0.152 e. The number of rotatable bonds is 6. The van der Waals surface area contributed by atoms with E-state index in [2.05, 4.69) is 5.32 Å². The Labute approximate surface area is 81.8 Å². The number of nitrogens with one attached hydrogen (secondary N) is 1. The smallest absolute Gasteiger partial charge is 0.152 e. The molecule has 0 radical (unpaired) electrons. The van der Waals surface area contributed by atoms with Crippen LogP contribution >= 0.6 is 0 Å². The maximum absolute atomic E-state index is 11.6. The van der Waals surface area contributed by atoms with Crippen LogP contribution < -0.4 is 5.32 Å². The van der Waals surface area contributed by atoms with Crippen molar-refractivity contribution in [3.63, 3.8) is 0 Å². The molecule has 0 aliphatic carbocycles. The van der Waals surface area contributed by atoms with Gasteiger partial charge in [-0.2, -0.15) is 0 Å². The number of hydrogen-bond acceptors (Lipinski definition) is 3. The van der Waals surface area contributed by atoms with E-state index in [0.717, 1.165) is 0 Å². The Balaban J connectivity index is 4.17. The summed E-state index contributed by atoms with van der Waals surface area (Å²) in [5.74, 6) is 0.310. The topological polar surface area (TPSA) is 46.2 Å². The summed E-state index contributed by atoms with van der Waals surface area (Å²) in [5, 5.41) is 2.82. The molecule has 0 aliphatic rings. The lowest BCUT2D eigenvalue weighted by Crippen LogP contribution is -2.30. The van der Waals surface area contributed by atoms with Gasteiger partial charge in [-0.3, -0.25) is 0 Å². The highest BCUT2D eigenvalue weighted by molar-refractivity contribution is 7.91. The molecule has 0 amide bonds. The molecule has 0 aromatic rings. The zero-order valence-corrected chi connectivity index (χ0v) is 9.82. The molecule has 3 nitrogen and oxygen atoms in total. The van der Waals surface area contributed by atoms with Crippen LogP contribution in [0.3, 0.4) is 0 Å². The first kappa shape index (κ1) is 12.9. The first-order valence-corrected chi connectivity index (χ1v) is 6.54. The lowest BCUT2D eigenvalue weighted by atomic mass is 10.2. The normalized spacial score (nSPS) is 16.9. The van der Waals surface area contributed by atoms with E-state index in [-0.39, 0.29) is 11.3 Å². The molecule has 2 atom stereocenters. The lowest BCUT2D eigenvalue weighted by Gasteiger charge is -2.16. The van der Waals surface area contributed by atoms with Crippen LogP contribution in [0, 0.1) is 0 Å². The second-order valence-electron chi connectivity index (χ2n) is 3.60. The van der Waals surface area contributed by atoms with Crippen molar-refractivity contribution >= 4 is 9.84 Å². The molecule has 80 valence electrons. The van der Waals surface area contributed by atoms with Crippen LogP contribution in [0.25, 0.3) is 0 Å². The third kappa shape index (κ3) is 4.62. The predicted octanol–water partition coefficient (Wildman–Crippen LogP) is 1.20. The minimum Gasteiger partial charge on any atom is -0.317 e. The monoisotopic (exact) mass is 207 g/mol. The molecule has 2 unspecified atom stereocenters. The first-order valence-electron chi connectivity index (χ1n) is 4.82. The average molecular weight is 207 g/mol. The summed E-state index contributed by atoms with van der Waals surface area (Å²) in [7, 11) is -1.00. The van der Waals surface area contributed by atoms with E-state index in [9.17, 15) is 8.42 Å².